The summed E-state index contributed by atoms with van der Waals surface area (Å²) in [6.07, 6.45) is 2.96. The van der Waals surface area contributed by atoms with E-state index >= 15 is 0 Å². The minimum atomic E-state index is -0.599. The van der Waals surface area contributed by atoms with Crippen molar-refractivity contribution in [2.45, 2.75) is 51.7 Å². The normalized spacial score (nSPS) is 17.8. The number of aromatic amines is 1. The third-order valence-corrected chi connectivity index (χ3v) is 8.44. The molecule has 2 N–H and O–H groups in total. The number of aliphatic hydroxyl groups excluding tert-OH is 1. The first-order valence-electron chi connectivity index (χ1n) is 11.6. The number of fused-ring (bicyclic) bond motifs is 1. The molecule has 3 heterocycles. The quantitative estimate of drug-likeness (QED) is 0.374. The van der Waals surface area contributed by atoms with Crippen LogP contribution in [0.15, 0.2) is 47.8 Å². The summed E-state index contributed by atoms with van der Waals surface area (Å²) in [5.74, 6) is 0.490. The zero-order chi connectivity index (χ0) is 23.8. The Labute approximate surface area is 200 Å². The van der Waals surface area contributed by atoms with E-state index in [9.17, 15) is 14.3 Å². The monoisotopic (exact) mass is 479 g/mol. The van der Waals surface area contributed by atoms with Gasteiger partial charge in [0.15, 0.2) is 16.0 Å². The van der Waals surface area contributed by atoms with E-state index in [-0.39, 0.29) is 17.8 Å². The van der Waals surface area contributed by atoms with Gasteiger partial charge in [-0.2, -0.15) is 4.98 Å². The van der Waals surface area contributed by atoms with Crippen molar-refractivity contribution in [2.75, 3.05) is 6.54 Å². The summed E-state index contributed by atoms with van der Waals surface area (Å²) in [7, 11) is -0.434. The number of halogens is 1. The molecule has 1 amide bonds. The number of thiazole rings is 1. The maximum atomic E-state index is 13.5. The molecule has 2 aromatic heterocycles. The van der Waals surface area contributed by atoms with Gasteiger partial charge in [-0.15, -0.1) is 0 Å². The largest absolute Gasteiger partial charge is 0.389 e. The Balaban J connectivity index is 1.39. The van der Waals surface area contributed by atoms with Gasteiger partial charge in [0, 0.05) is 54.1 Å². The standard InChI is InChI=1S/C26H28FN4O2S/c1-16(32)21-7-5-8-22-25(21)30-24(29-22)14-19-6-3-4-13-31(19)26(33)23-15-34(17(2)28-23)20-11-9-18(27)10-12-20/h5,7-12,15-16,19,32H,3-4,6,13-14H2,1-2H3,(H,29,30)/q+1. The highest BCUT2D eigenvalue weighted by molar-refractivity contribution is 7.38. The zero-order valence-corrected chi connectivity index (χ0v) is 20.1. The molecule has 0 bridgehead atoms. The molecule has 0 saturated carbocycles. The van der Waals surface area contributed by atoms with Gasteiger partial charge in [0.05, 0.1) is 17.1 Å². The lowest BCUT2D eigenvalue weighted by atomic mass is 9.98. The summed E-state index contributed by atoms with van der Waals surface area (Å²) in [6.45, 7) is 4.35. The molecule has 5 rings (SSSR count). The van der Waals surface area contributed by atoms with E-state index in [0.29, 0.717) is 18.7 Å². The average Bonchev–Trinajstić information content (AvgIpc) is 3.42. The molecular weight excluding hydrogens is 451 g/mol. The number of aromatic nitrogens is 3. The van der Waals surface area contributed by atoms with Crippen molar-refractivity contribution in [1.82, 2.24) is 19.9 Å². The molecule has 0 spiro atoms. The number of nitrogens with one attached hydrogen (secondary N) is 1. The van der Waals surface area contributed by atoms with Gasteiger partial charge < -0.3 is 15.0 Å². The smallest absolute Gasteiger partial charge is 0.277 e. The lowest BCUT2D eigenvalue weighted by Crippen LogP contribution is -2.45. The van der Waals surface area contributed by atoms with Crippen LogP contribution in [0.1, 0.15) is 59.2 Å². The Hall–Kier alpha value is -3.10. The molecule has 1 aliphatic heterocycles. The van der Waals surface area contributed by atoms with Crippen molar-refractivity contribution >= 4 is 27.4 Å². The number of aryl methyl sites for hydroxylation is 1. The van der Waals surface area contributed by atoms with E-state index in [1.807, 2.05) is 35.4 Å². The number of amides is 1. The topological polar surface area (TPSA) is 82.1 Å². The zero-order valence-electron chi connectivity index (χ0n) is 19.3. The van der Waals surface area contributed by atoms with Crippen molar-refractivity contribution in [1.29, 1.82) is 0 Å². The van der Waals surface area contributed by atoms with Crippen molar-refractivity contribution in [2.24, 2.45) is 0 Å². The maximum Gasteiger partial charge on any atom is 0.277 e. The number of carbonyl (C=O) groups is 1. The van der Waals surface area contributed by atoms with Crippen molar-refractivity contribution in [3.8, 4) is 4.90 Å². The number of nitrogens with zero attached hydrogens (tertiary/aromatic N) is 3. The van der Waals surface area contributed by atoms with Crippen LogP contribution in [-0.4, -0.2) is 43.5 Å². The average molecular weight is 480 g/mol. The van der Waals surface area contributed by atoms with E-state index in [0.717, 1.165) is 51.6 Å². The van der Waals surface area contributed by atoms with Crippen LogP contribution in [0.3, 0.4) is 0 Å². The minimum absolute atomic E-state index is 0.0291. The Morgan fingerprint density at radius 2 is 2.03 bits per heavy atom. The van der Waals surface area contributed by atoms with Gasteiger partial charge in [0.25, 0.3) is 5.91 Å². The van der Waals surface area contributed by atoms with Crippen LogP contribution >= 0.6 is 10.5 Å². The fourth-order valence-electron chi connectivity index (χ4n) is 4.75. The second-order valence-corrected chi connectivity index (χ2v) is 10.9. The van der Waals surface area contributed by atoms with Crippen molar-refractivity contribution in [3.63, 3.8) is 0 Å². The third kappa shape index (κ3) is 4.35. The van der Waals surface area contributed by atoms with E-state index < -0.39 is 16.6 Å². The maximum absolute atomic E-state index is 13.5. The summed E-state index contributed by atoms with van der Waals surface area (Å²) in [6, 6.07) is 12.2. The predicted molar refractivity (Wildman–Crippen MR) is 132 cm³/mol. The molecule has 8 heteroatoms. The molecule has 6 nitrogen and oxygen atoms in total. The number of hydrogen-bond donors (Lipinski definition) is 2. The third-order valence-electron chi connectivity index (χ3n) is 6.47. The molecule has 34 heavy (non-hydrogen) atoms. The molecule has 4 aromatic rings. The van der Waals surface area contributed by atoms with E-state index in [1.54, 1.807) is 19.1 Å². The number of likely N-dealkylation sites (tertiary alicyclic amines) is 1. The molecule has 1 saturated heterocycles. The molecule has 176 valence electrons. The van der Waals surface area contributed by atoms with Crippen LogP contribution in [0.5, 0.6) is 0 Å². The van der Waals surface area contributed by atoms with Crippen molar-refractivity contribution < 1.29 is 14.3 Å². The molecule has 3 unspecified atom stereocenters. The van der Waals surface area contributed by atoms with E-state index in [2.05, 4.69) is 9.97 Å². The van der Waals surface area contributed by atoms with Gasteiger partial charge in [-0.1, -0.05) is 12.1 Å². The minimum Gasteiger partial charge on any atom is -0.389 e. The van der Waals surface area contributed by atoms with E-state index in [1.165, 1.54) is 12.1 Å². The summed E-state index contributed by atoms with van der Waals surface area (Å²) in [5, 5.41) is 12.9. The number of H-pyrrole nitrogens is 1. The second-order valence-electron chi connectivity index (χ2n) is 8.88. The SMILES string of the molecule is Cc1nc(C(=O)N2CCCCC2Cc2nc3c(C(C)O)cccc3[nH]2)c[s+]1-c1ccc(F)cc1. The first kappa shape index (κ1) is 22.7. The number of benzene rings is 2. The van der Waals surface area contributed by atoms with Gasteiger partial charge >= 0.3 is 0 Å². The first-order chi connectivity index (χ1) is 16.4. The fraction of sp³-hybridized carbons (Fsp3) is 0.346. The van der Waals surface area contributed by atoms with Crippen LogP contribution in [0.2, 0.25) is 0 Å². The van der Waals surface area contributed by atoms with Gasteiger partial charge in [-0.25, -0.2) is 9.37 Å². The number of hydrogen-bond acceptors (Lipinski definition) is 4. The molecule has 1 aliphatic rings. The van der Waals surface area contributed by atoms with Crippen molar-refractivity contribution in [3.05, 3.63) is 75.8 Å². The van der Waals surface area contributed by atoms with Gasteiger partial charge in [0.2, 0.25) is 5.01 Å². The number of piperidine rings is 1. The highest BCUT2D eigenvalue weighted by atomic mass is 32.2. The molecule has 0 aliphatic carbocycles. The van der Waals surface area contributed by atoms with E-state index in [4.69, 9.17) is 4.98 Å². The Kier molecular flexibility index (Phi) is 6.18. The summed E-state index contributed by atoms with van der Waals surface area (Å²) in [4.78, 5) is 29.2. The highest BCUT2D eigenvalue weighted by Crippen LogP contribution is 2.35. The fourth-order valence-corrected chi connectivity index (χ4v) is 6.40. The van der Waals surface area contributed by atoms with Gasteiger partial charge in [0.1, 0.15) is 11.6 Å². The van der Waals surface area contributed by atoms with Crippen LogP contribution in [-0.2, 0) is 6.42 Å². The van der Waals surface area contributed by atoms with Gasteiger partial charge in [-0.05, 0) is 44.4 Å². The lowest BCUT2D eigenvalue weighted by molar-refractivity contribution is 0.0606. The summed E-state index contributed by atoms with van der Waals surface area (Å²) in [5.41, 5.74) is 2.94. The number of rotatable bonds is 5. The summed E-state index contributed by atoms with van der Waals surface area (Å²) < 4.78 is 13.3. The Morgan fingerprint density at radius 3 is 2.79 bits per heavy atom. The first-order valence-corrected chi connectivity index (χ1v) is 12.9. The lowest BCUT2D eigenvalue weighted by Gasteiger charge is -2.34. The molecule has 2 aromatic carbocycles. The Bertz CT molecular complexity index is 1330. The number of carbonyl (C=O) groups excluding carboxylic acids is 1. The molecule has 1 fully saturated rings. The number of para-hydroxylation sites is 1. The Morgan fingerprint density at radius 1 is 1.24 bits per heavy atom. The van der Waals surface area contributed by atoms with Crippen LogP contribution in [0, 0.1) is 12.7 Å². The molecule has 3 atom stereocenters. The highest BCUT2D eigenvalue weighted by Gasteiger charge is 2.32. The number of aliphatic hydroxyl groups is 1. The molecular formula is C26H28FN4O2S+. The number of imidazole rings is 1. The molecule has 0 radical (unpaired) electrons. The summed E-state index contributed by atoms with van der Waals surface area (Å²) >= 11 is 0. The van der Waals surface area contributed by atoms with Crippen LogP contribution < -0.4 is 0 Å². The van der Waals surface area contributed by atoms with Crippen LogP contribution in [0.25, 0.3) is 15.9 Å². The van der Waals surface area contributed by atoms with Gasteiger partial charge in [-0.3, -0.25) is 4.79 Å². The van der Waals surface area contributed by atoms with Crippen LogP contribution in [0.4, 0.5) is 4.39 Å². The second kappa shape index (κ2) is 9.27. The predicted octanol–water partition coefficient (Wildman–Crippen LogP) is 5.43.